The predicted molar refractivity (Wildman–Crippen MR) is 82.7 cm³/mol. The van der Waals surface area contributed by atoms with Crippen LogP contribution in [0.1, 0.15) is 46.0 Å². The lowest BCUT2D eigenvalue weighted by Crippen LogP contribution is -2.47. The maximum absolute atomic E-state index is 11.9. The minimum Gasteiger partial charge on any atom is -0.355 e. The first-order valence-corrected chi connectivity index (χ1v) is 8.41. The van der Waals surface area contributed by atoms with E-state index in [1.54, 1.807) is 0 Å². The van der Waals surface area contributed by atoms with Gasteiger partial charge in [0.25, 0.3) is 0 Å². The van der Waals surface area contributed by atoms with Gasteiger partial charge >= 0.3 is 0 Å². The molecule has 1 aliphatic carbocycles. The number of piperidine rings is 1. The van der Waals surface area contributed by atoms with Gasteiger partial charge in [0.15, 0.2) is 0 Å². The van der Waals surface area contributed by atoms with Crippen molar-refractivity contribution in [3.05, 3.63) is 0 Å². The van der Waals surface area contributed by atoms with E-state index in [2.05, 4.69) is 29.4 Å². The zero-order valence-electron chi connectivity index (χ0n) is 13.2. The maximum Gasteiger partial charge on any atom is 0.234 e. The van der Waals surface area contributed by atoms with Crippen molar-refractivity contribution < 1.29 is 4.79 Å². The Labute approximate surface area is 123 Å². The van der Waals surface area contributed by atoms with Gasteiger partial charge < -0.3 is 10.6 Å². The lowest BCUT2D eigenvalue weighted by atomic mass is 9.91. The Hall–Kier alpha value is -0.610. The van der Waals surface area contributed by atoms with Gasteiger partial charge in [0.1, 0.15) is 0 Å². The first-order chi connectivity index (χ1) is 9.69. The minimum atomic E-state index is 0.215. The van der Waals surface area contributed by atoms with E-state index in [0.29, 0.717) is 18.5 Å². The fourth-order valence-electron chi connectivity index (χ4n) is 3.02. The number of nitrogens with zero attached hydrogens (tertiary/aromatic N) is 1. The van der Waals surface area contributed by atoms with Crippen LogP contribution in [0, 0.1) is 11.8 Å². The van der Waals surface area contributed by atoms with E-state index in [-0.39, 0.29) is 5.91 Å². The molecule has 4 nitrogen and oxygen atoms in total. The summed E-state index contributed by atoms with van der Waals surface area (Å²) in [5.74, 6) is 1.67. The van der Waals surface area contributed by atoms with Gasteiger partial charge in [-0.1, -0.05) is 6.92 Å². The van der Waals surface area contributed by atoms with Crippen molar-refractivity contribution in [2.45, 2.75) is 52.0 Å². The average molecular weight is 281 g/mol. The van der Waals surface area contributed by atoms with Crippen LogP contribution in [0.3, 0.4) is 0 Å². The molecule has 2 N–H and O–H groups in total. The predicted octanol–water partition coefficient (Wildman–Crippen LogP) is 1.61. The fourth-order valence-corrected chi connectivity index (χ4v) is 3.02. The van der Waals surface area contributed by atoms with Gasteiger partial charge in [-0.3, -0.25) is 9.69 Å². The average Bonchev–Trinajstić information content (AvgIpc) is 3.27. The molecule has 0 radical (unpaired) electrons. The molecule has 2 unspecified atom stereocenters. The number of rotatable bonds is 8. The van der Waals surface area contributed by atoms with Crippen LogP contribution in [0.15, 0.2) is 0 Å². The van der Waals surface area contributed by atoms with Crippen LogP contribution in [-0.4, -0.2) is 49.6 Å². The smallest absolute Gasteiger partial charge is 0.234 e. The number of amides is 1. The summed E-state index contributed by atoms with van der Waals surface area (Å²) in [5.41, 5.74) is 0. The summed E-state index contributed by atoms with van der Waals surface area (Å²) in [4.78, 5) is 14.3. The molecule has 116 valence electrons. The molecule has 1 saturated heterocycles. The molecule has 1 amide bonds. The molecule has 20 heavy (non-hydrogen) atoms. The van der Waals surface area contributed by atoms with Gasteiger partial charge in [-0.15, -0.1) is 0 Å². The normalized spacial score (nSPS) is 25.4. The SMILES string of the molecule is CCCNC(C)C1CCCN(CC(=O)NCC2CC2)C1. The van der Waals surface area contributed by atoms with Gasteiger partial charge in [0.05, 0.1) is 6.54 Å². The van der Waals surface area contributed by atoms with E-state index in [0.717, 1.165) is 32.1 Å². The third kappa shape index (κ3) is 5.41. The number of carbonyl (C=O) groups is 1. The van der Waals surface area contributed by atoms with Gasteiger partial charge in [0, 0.05) is 19.1 Å². The van der Waals surface area contributed by atoms with E-state index < -0.39 is 0 Å². The van der Waals surface area contributed by atoms with E-state index in [4.69, 9.17) is 0 Å². The third-order valence-corrected chi connectivity index (χ3v) is 4.62. The number of nitrogens with one attached hydrogen (secondary N) is 2. The minimum absolute atomic E-state index is 0.215. The molecule has 0 aromatic carbocycles. The third-order valence-electron chi connectivity index (χ3n) is 4.62. The molecule has 0 bridgehead atoms. The van der Waals surface area contributed by atoms with E-state index in [9.17, 15) is 4.79 Å². The molecule has 0 aromatic heterocycles. The molecule has 1 heterocycles. The number of hydrogen-bond acceptors (Lipinski definition) is 3. The topological polar surface area (TPSA) is 44.4 Å². The van der Waals surface area contributed by atoms with Crippen LogP contribution < -0.4 is 10.6 Å². The molecule has 2 atom stereocenters. The van der Waals surface area contributed by atoms with Crippen LogP contribution in [-0.2, 0) is 4.79 Å². The highest BCUT2D eigenvalue weighted by Gasteiger charge is 2.26. The number of carbonyl (C=O) groups excluding carboxylic acids is 1. The number of likely N-dealkylation sites (tertiary alicyclic amines) is 1. The van der Waals surface area contributed by atoms with Gasteiger partial charge in [-0.05, 0) is 64.0 Å². The fraction of sp³-hybridized carbons (Fsp3) is 0.938. The van der Waals surface area contributed by atoms with Crippen molar-refractivity contribution in [1.82, 2.24) is 15.5 Å². The summed E-state index contributed by atoms with van der Waals surface area (Å²) >= 11 is 0. The summed E-state index contributed by atoms with van der Waals surface area (Å²) < 4.78 is 0. The molecule has 1 aliphatic heterocycles. The highest BCUT2D eigenvalue weighted by atomic mass is 16.2. The highest BCUT2D eigenvalue weighted by molar-refractivity contribution is 5.78. The molecule has 2 fully saturated rings. The second-order valence-corrected chi connectivity index (χ2v) is 6.63. The van der Waals surface area contributed by atoms with E-state index in [1.807, 2.05) is 0 Å². The van der Waals surface area contributed by atoms with Crippen LogP contribution in [0.5, 0.6) is 0 Å². The number of hydrogen-bond donors (Lipinski definition) is 2. The summed E-state index contributed by atoms with van der Waals surface area (Å²) in [6.07, 6.45) is 6.29. The Balaban J connectivity index is 1.67. The van der Waals surface area contributed by atoms with Crippen molar-refractivity contribution in [1.29, 1.82) is 0 Å². The van der Waals surface area contributed by atoms with Crippen LogP contribution in [0.25, 0.3) is 0 Å². The lowest BCUT2D eigenvalue weighted by Gasteiger charge is -2.35. The van der Waals surface area contributed by atoms with Gasteiger partial charge in [-0.2, -0.15) is 0 Å². The zero-order chi connectivity index (χ0) is 14.4. The summed E-state index contributed by atoms with van der Waals surface area (Å²) in [5, 5.41) is 6.67. The molecule has 1 saturated carbocycles. The quantitative estimate of drug-likeness (QED) is 0.710. The Morgan fingerprint density at radius 2 is 2.15 bits per heavy atom. The van der Waals surface area contributed by atoms with Crippen LogP contribution >= 0.6 is 0 Å². The molecule has 2 rings (SSSR count). The molecule has 0 aromatic rings. The van der Waals surface area contributed by atoms with Crippen molar-refractivity contribution >= 4 is 5.91 Å². The largest absolute Gasteiger partial charge is 0.355 e. The molecular weight excluding hydrogens is 250 g/mol. The van der Waals surface area contributed by atoms with Crippen LogP contribution in [0.2, 0.25) is 0 Å². The Morgan fingerprint density at radius 1 is 1.35 bits per heavy atom. The van der Waals surface area contributed by atoms with Gasteiger partial charge in [-0.25, -0.2) is 0 Å². The van der Waals surface area contributed by atoms with Crippen molar-refractivity contribution in [3.63, 3.8) is 0 Å². The summed E-state index contributed by atoms with van der Waals surface area (Å²) in [7, 11) is 0. The Kier molecular flexibility index (Phi) is 6.30. The molecule has 2 aliphatic rings. The first-order valence-electron chi connectivity index (χ1n) is 8.41. The standard InChI is InChI=1S/C16H31N3O/c1-3-8-17-13(2)15-5-4-9-19(11-15)12-16(20)18-10-14-6-7-14/h13-15,17H,3-12H2,1-2H3,(H,18,20). The molecular formula is C16H31N3O. The molecule has 4 heteroatoms. The Bertz CT molecular complexity index is 304. The molecule has 0 spiro atoms. The second-order valence-electron chi connectivity index (χ2n) is 6.63. The van der Waals surface area contributed by atoms with Gasteiger partial charge in [0.2, 0.25) is 5.91 Å². The summed E-state index contributed by atoms with van der Waals surface area (Å²) in [6, 6.07) is 0.562. The van der Waals surface area contributed by atoms with Crippen molar-refractivity contribution in [2.24, 2.45) is 11.8 Å². The van der Waals surface area contributed by atoms with Crippen molar-refractivity contribution in [3.8, 4) is 0 Å². The summed E-state index contributed by atoms with van der Waals surface area (Å²) in [6.45, 7) is 9.21. The maximum atomic E-state index is 11.9. The van der Waals surface area contributed by atoms with E-state index >= 15 is 0 Å². The van der Waals surface area contributed by atoms with Crippen LogP contribution in [0.4, 0.5) is 0 Å². The van der Waals surface area contributed by atoms with E-state index in [1.165, 1.54) is 32.1 Å². The lowest BCUT2D eigenvalue weighted by molar-refractivity contribution is -0.122. The Morgan fingerprint density at radius 3 is 2.85 bits per heavy atom. The first kappa shape index (κ1) is 15.8. The second kappa shape index (κ2) is 7.99. The monoisotopic (exact) mass is 281 g/mol. The zero-order valence-corrected chi connectivity index (χ0v) is 13.2. The van der Waals surface area contributed by atoms with Crippen molar-refractivity contribution in [2.75, 3.05) is 32.7 Å². The highest BCUT2D eigenvalue weighted by Crippen LogP contribution is 2.27.